The molecule has 2 heterocycles. The van der Waals surface area contributed by atoms with Gasteiger partial charge in [0.05, 0.1) is 30.0 Å². The summed E-state index contributed by atoms with van der Waals surface area (Å²) in [7, 11) is 0. The highest BCUT2D eigenvalue weighted by Gasteiger charge is 2.20. The summed E-state index contributed by atoms with van der Waals surface area (Å²) in [6.45, 7) is 7.38. The van der Waals surface area contributed by atoms with Gasteiger partial charge in [-0.1, -0.05) is 18.3 Å². The second kappa shape index (κ2) is 8.69. The Hall–Kier alpha value is -1.57. The Kier molecular flexibility index (Phi) is 6.34. The minimum atomic E-state index is -0.273. The number of fused-ring (bicyclic) bond motifs is 1. The molecule has 0 spiro atoms. The van der Waals surface area contributed by atoms with Crippen LogP contribution in [0.25, 0.3) is 10.2 Å². The van der Waals surface area contributed by atoms with Crippen molar-refractivity contribution in [3.63, 3.8) is 0 Å². The minimum Gasteiger partial charge on any atom is -0.370 e. The molecule has 7 heteroatoms. The predicted molar refractivity (Wildman–Crippen MR) is 97.8 cm³/mol. The Labute approximate surface area is 151 Å². The first-order valence-corrected chi connectivity index (χ1v) is 9.77. The zero-order valence-electron chi connectivity index (χ0n) is 14.6. The summed E-state index contributed by atoms with van der Waals surface area (Å²) >= 11 is 1.39. The fourth-order valence-electron chi connectivity index (χ4n) is 3.07. The van der Waals surface area contributed by atoms with Gasteiger partial charge in [-0.2, -0.15) is 0 Å². The fourth-order valence-corrected chi connectivity index (χ4v) is 4.11. The van der Waals surface area contributed by atoms with Gasteiger partial charge in [0.25, 0.3) is 0 Å². The summed E-state index contributed by atoms with van der Waals surface area (Å²) in [5.41, 5.74) is 0.745. The number of carbonyl (C=O) groups excluding carboxylic acids is 1. The van der Waals surface area contributed by atoms with Crippen LogP contribution in [0.3, 0.4) is 0 Å². The number of quaternary nitrogens is 1. The third kappa shape index (κ3) is 4.74. The van der Waals surface area contributed by atoms with Gasteiger partial charge in [0.15, 0.2) is 5.13 Å². The number of anilines is 1. The Morgan fingerprint density at radius 3 is 2.96 bits per heavy atom. The molecule has 0 aliphatic carbocycles. The van der Waals surface area contributed by atoms with Crippen LogP contribution in [0.15, 0.2) is 18.2 Å². The lowest BCUT2D eigenvalue weighted by Crippen LogP contribution is -3.14. The number of amides is 1. The number of carbonyl (C=O) groups is 1. The van der Waals surface area contributed by atoms with Crippen molar-refractivity contribution in [1.82, 2.24) is 4.98 Å². The normalized spacial score (nSPS) is 15.6. The van der Waals surface area contributed by atoms with Gasteiger partial charge in [-0.15, -0.1) is 0 Å². The quantitative estimate of drug-likeness (QED) is 0.814. The summed E-state index contributed by atoms with van der Waals surface area (Å²) in [5.74, 6) is -0.177. The van der Waals surface area contributed by atoms with Gasteiger partial charge in [0.2, 0.25) is 5.91 Å². The Morgan fingerprint density at radius 1 is 1.40 bits per heavy atom. The largest absolute Gasteiger partial charge is 0.370 e. The third-order valence-electron chi connectivity index (χ3n) is 4.45. The van der Waals surface area contributed by atoms with Crippen LogP contribution in [0, 0.1) is 5.82 Å². The first kappa shape index (κ1) is 18.2. The van der Waals surface area contributed by atoms with Crippen LogP contribution in [-0.2, 0) is 9.53 Å². The summed E-state index contributed by atoms with van der Waals surface area (Å²) in [4.78, 5) is 20.4. The number of hydrogen-bond acceptors (Lipinski definition) is 4. The van der Waals surface area contributed by atoms with Crippen molar-refractivity contribution in [2.24, 2.45) is 0 Å². The third-order valence-corrected chi connectivity index (χ3v) is 5.49. The topological polar surface area (TPSA) is 46.9 Å². The maximum Gasteiger partial charge on any atom is 0.228 e. The van der Waals surface area contributed by atoms with Crippen molar-refractivity contribution in [3.8, 4) is 0 Å². The first-order chi connectivity index (χ1) is 12.2. The molecule has 1 aromatic carbocycles. The lowest BCUT2D eigenvalue weighted by atomic mass is 10.2. The number of ether oxygens (including phenoxy) is 1. The van der Waals surface area contributed by atoms with Gasteiger partial charge in [-0.05, 0) is 24.6 Å². The maximum absolute atomic E-state index is 13.4. The number of nitrogens with one attached hydrogen (secondary N) is 1. The number of rotatable bonds is 7. The van der Waals surface area contributed by atoms with Crippen molar-refractivity contribution in [2.45, 2.75) is 26.2 Å². The molecule has 2 aromatic rings. The number of benzene rings is 1. The van der Waals surface area contributed by atoms with E-state index in [1.165, 1.54) is 28.4 Å². The molecular formula is C18H25FN3O2S+. The summed E-state index contributed by atoms with van der Waals surface area (Å²) in [5, 5.41) is 0.677. The van der Waals surface area contributed by atoms with Gasteiger partial charge in [0.1, 0.15) is 18.9 Å². The van der Waals surface area contributed by atoms with Crippen molar-refractivity contribution in [2.75, 3.05) is 44.3 Å². The number of halogens is 1. The monoisotopic (exact) mass is 366 g/mol. The molecule has 0 bridgehead atoms. The van der Waals surface area contributed by atoms with Crippen LogP contribution in [-0.4, -0.2) is 50.3 Å². The molecular weight excluding hydrogens is 341 g/mol. The van der Waals surface area contributed by atoms with Gasteiger partial charge in [-0.25, -0.2) is 9.37 Å². The van der Waals surface area contributed by atoms with E-state index in [0.717, 1.165) is 55.9 Å². The zero-order valence-corrected chi connectivity index (χ0v) is 15.4. The molecule has 1 N–H and O–H groups in total. The predicted octanol–water partition coefficient (Wildman–Crippen LogP) is 1.87. The number of thiazole rings is 1. The SMILES string of the molecule is CCCC(=O)N(CCC[NH+]1CCOCC1)c1nc2ccc(F)cc2s1. The van der Waals surface area contributed by atoms with Gasteiger partial charge in [-0.3, -0.25) is 9.69 Å². The van der Waals surface area contributed by atoms with Crippen molar-refractivity contribution >= 4 is 32.6 Å². The van der Waals surface area contributed by atoms with Crippen LogP contribution in [0.5, 0.6) is 0 Å². The average Bonchev–Trinajstić information content (AvgIpc) is 3.02. The second-order valence-electron chi connectivity index (χ2n) is 6.37. The van der Waals surface area contributed by atoms with Crippen LogP contribution in [0.1, 0.15) is 26.2 Å². The molecule has 1 amide bonds. The van der Waals surface area contributed by atoms with E-state index in [0.29, 0.717) is 18.1 Å². The fraction of sp³-hybridized carbons (Fsp3) is 0.556. The number of morpholine rings is 1. The zero-order chi connectivity index (χ0) is 17.6. The molecule has 0 saturated carbocycles. The second-order valence-corrected chi connectivity index (χ2v) is 7.38. The smallest absolute Gasteiger partial charge is 0.228 e. The molecule has 0 radical (unpaired) electrons. The summed E-state index contributed by atoms with van der Waals surface area (Å²) < 4.78 is 19.6. The minimum absolute atomic E-state index is 0.0963. The Morgan fingerprint density at radius 2 is 2.20 bits per heavy atom. The van der Waals surface area contributed by atoms with E-state index in [-0.39, 0.29) is 11.7 Å². The van der Waals surface area contributed by atoms with Crippen LogP contribution < -0.4 is 9.80 Å². The van der Waals surface area contributed by atoms with Crippen LogP contribution >= 0.6 is 11.3 Å². The molecule has 5 nitrogen and oxygen atoms in total. The molecule has 1 saturated heterocycles. The van der Waals surface area contributed by atoms with E-state index in [1.807, 2.05) is 6.92 Å². The summed E-state index contributed by atoms with van der Waals surface area (Å²) in [6, 6.07) is 4.56. The highest BCUT2D eigenvalue weighted by atomic mass is 32.1. The van der Waals surface area contributed by atoms with E-state index in [2.05, 4.69) is 4.98 Å². The lowest BCUT2D eigenvalue weighted by molar-refractivity contribution is -0.908. The van der Waals surface area contributed by atoms with Gasteiger partial charge in [0, 0.05) is 19.4 Å². The number of aromatic nitrogens is 1. The van der Waals surface area contributed by atoms with E-state index in [9.17, 15) is 9.18 Å². The average molecular weight is 366 g/mol. The summed E-state index contributed by atoms with van der Waals surface area (Å²) in [6.07, 6.45) is 2.24. The van der Waals surface area contributed by atoms with Crippen LogP contribution in [0.2, 0.25) is 0 Å². The molecule has 136 valence electrons. The molecule has 1 aromatic heterocycles. The van der Waals surface area contributed by atoms with E-state index in [1.54, 1.807) is 11.0 Å². The Balaban J connectivity index is 1.70. The van der Waals surface area contributed by atoms with Gasteiger partial charge >= 0.3 is 0 Å². The maximum atomic E-state index is 13.4. The molecule has 25 heavy (non-hydrogen) atoms. The molecule has 1 aliphatic rings. The number of nitrogens with zero attached hydrogens (tertiary/aromatic N) is 2. The van der Waals surface area contributed by atoms with E-state index >= 15 is 0 Å². The van der Waals surface area contributed by atoms with Gasteiger partial charge < -0.3 is 9.64 Å². The standard InChI is InChI=1S/C18H24FN3O2S/c1-2-4-17(23)22(8-3-7-21-9-11-24-12-10-21)18-20-15-6-5-14(19)13-16(15)25-18/h5-6,13H,2-4,7-12H2,1H3/p+1. The van der Waals surface area contributed by atoms with E-state index in [4.69, 9.17) is 4.74 Å². The number of hydrogen-bond donors (Lipinski definition) is 1. The molecule has 1 aliphatic heterocycles. The molecule has 0 atom stereocenters. The highest BCUT2D eigenvalue weighted by Crippen LogP contribution is 2.30. The highest BCUT2D eigenvalue weighted by molar-refractivity contribution is 7.22. The van der Waals surface area contributed by atoms with Crippen molar-refractivity contribution in [3.05, 3.63) is 24.0 Å². The Bertz CT molecular complexity index is 715. The van der Waals surface area contributed by atoms with Crippen molar-refractivity contribution in [1.29, 1.82) is 0 Å². The lowest BCUT2D eigenvalue weighted by Gasteiger charge is -2.25. The molecule has 1 fully saturated rings. The molecule has 0 unspecified atom stereocenters. The molecule has 3 rings (SSSR count). The first-order valence-electron chi connectivity index (χ1n) is 8.95. The van der Waals surface area contributed by atoms with Crippen LogP contribution in [0.4, 0.5) is 9.52 Å². The van der Waals surface area contributed by atoms with Crippen molar-refractivity contribution < 1.29 is 18.8 Å². The van der Waals surface area contributed by atoms with E-state index < -0.39 is 0 Å².